The second-order valence-corrected chi connectivity index (χ2v) is 6.95. The Hall–Kier alpha value is 0.258. The molecular formula is C14H18OPt. The molecule has 1 saturated carbocycles. The normalized spacial score (nSPS) is 46.0. The SMILES string of the molecule is [Pt]=[C]1C2=C(CCCC2)C2CC3CCCC13O2. The van der Waals surface area contributed by atoms with Gasteiger partial charge in [0, 0.05) is 0 Å². The van der Waals surface area contributed by atoms with Gasteiger partial charge in [-0.2, -0.15) is 0 Å². The maximum atomic E-state index is 6.49. The Morgan fingerprint density at radius 2 is 2.06 bits per heavy atom. The molecule has 1 saturated heterocycles. The van der Waals surface area contributed by atoms with Crippen molar-refractivity contribution in [2.75, 3.05) is 0 Å². The van der Waals surface area contributed by atoms with Crippen molar-refractivity contribution in [3.8, 4) is 0 Å². The Kier molecular flexibility index (Phi) is 2.16. The third-order valence-electron chi connectivity index (χ3n) is 5.10. The molecule has 0 N–H and O–H groups in total. The molecule has 1 nitrogen and oxygen atoms in total. The van der Waals surface area contributed by atoms with Crippen LogP contribution >= 0.6 is 0 Å². The monoisotopic (exact) mass is 397 g/mol. The molecule has 4 aliphatic rings. The quantitative estimate of drug-likeness (QED) is 0.611. The van der Waals surface area contributed by atoms with Crippen LogP contribution in [0.1, 0.15) is 51.4 Å². The number of fused-ring (bicyclic) bond motifs is 2. The van der Waals surface area contributed by atoms with Crippen LogP contribution in [0.25, 0.3) is 0 Å². The zero-order valence-electron chi connectivity index (χ0n) is 9.54. The third kappa shape index (κ3) is 1.12. The molecule has 0 aromatic rings. The van der Waals surface area contributed by atoms with Gasteiger partial charge in [-0.05, 0) is 0 Å². The van der Waals surface area contributed by atoms with Gasteiger partial charge in [-0.15, -0.1) is 0 Å². The average molecular weight is 397 g/mol. The first-order valence-corrected chi connectivity index (χ1v) is 7.85. The molecule has 0 amide bonds. The molecule has 2 bridgehead atoms. The van der Waals surface area contributed by atoms with Crippen LogP contribution in [-0.4, -0.2) is 15.6 Å². The van der Waals surface area contributed by atoms with Crippen LogP contribution in [0, 0.1) is 5.92 Å². The summed E-state index contributed by atoms with van der Waals surface area (Å²) in [4.78, 5) is 0. The van der Waals surface area contributed by atoms with Crippen molar-refractivity contribution in [2.45, 2.75) is 63.1 Å². The van der Waals surface area contributed by atoms with Crippen LogP contribution in [0.15, 0.2) is 11.1 Å². The van der Waals surface area contributed by atoms with E-state index in [2.05, 4.69) is 19.4 Å². The standard InChI is InChI=1S/C14H18O.Pt/c1-2-6-12-10(4-1)9-14-7-3-5-11(14)8-13(12)15-14;/h11,13H,1-8H2;. The summed E-state index contributed by atoms with van der Waals surface area (Å²) in [6.45, 7) is 0. The molecule has 4 rings (SSSR count). The Labute approximate surface area is 108 Å². The minimum atomic E-state index is 0.197. The summed E-state index contributed by atoms with van der Waals surface area (Å²) in [7, 11) is 0. The van der Waals surface area contributed by atoms with Crippen LogP contribution < -0.4 is 0 Å². The van der Waals surface area contributed by atoms with Crippen molar-refractivity contribution in [2.24, 2.45) is 5.92 Å². The van der Waals surface area contributed by atoms with Crippen LogP contribution in [0.2, 0.25) is 0 Å². The van der Waals surface area contributed by atoms with E-state index in [1.165, 1.54) is 51.4 Å². The first-order valence-electron chi connectivity index (χ1n) is 6.71. The van der Waals surface area contributed by atoms with Gasteiger partial charge in [0.25, 0.3) is 0 Å². The minimum absolute atomic E-state index is 0.197. The fourth-order valence-electron chi connectivity index (χ4n) is 4.37. The van der Waals surface area contributed by atoms with Gasteiger partial charge in [-0.1, -0.05) is 0 Å². The molecule has 3 unspecified atom stereocenters. The summed E-state index contributed by atoms with van der Waals surface area (Å²) in [5.41, 5.74) is 3.62. The van der Waals surface area contributed by atoms with Gasteiger partial charge in [0.05, 0.1) is 0 Å². The van der Waals surface area contributed by atoms with E-state index in [4.69, 9.17) is 4.74 Å². The molecule has 2 fully saturated rings. The third-order valence-corrected chi connectivity index (χ3v) is 6.75. The molecule has 90 valence electrons. The molecule has 0 aromatic heterocycles. The van der Waals surface area contributed by atoms with E-state index < -0.39 is 0 Å². The van der Waals surface area contributed by atoms with Crippen molar-refractivity contribution in [1.29, 1.82) is 0 Å². The number of ether oxygens (including phenoxy) is 1. The molecular weight excluding hydrogens is 379 g/mol. The van der Waals surface area contributed by atoms with E-state index >= 15 is 0 Å². The van der Waals surface area contributed by atoms with Crippen molar-refractivity contribution in [1.82, 2.24) is 0 Å². The number of rotatable bonds is 0. The maximum absolute atomic E-state index is 6.49. The topological polar surface area (TPSA) is 9.23 Å². The molecule has 0 radical (unpaired) electrons. The summed E-state index contributed by atoms with van der Waals surface area (Å²) in [6, 6.07) is 0. The van der Waals surface area contributed by atoms with Crippen LogP contribution in [-0.2, 0) is 24.1 Å². The second kappa shape index (κ2) is 3.39. The number of hydrogen-bond acceptors (Lipinski definition) is 1. The van der Waals surface area contributed by atoms with E-state index in [1.807, 2.05) is 0 Å². The number of hydrogen-bond donors (Lipinski definition) is 0. The van der Waals surface area contributed by atoms with E-state index in [9.17, 15) is 0 Å². The summed E-state index contributed by atoms with van der Waals surface area (Å²) in [5, 5.41) is 0. The Balaban J connectivity index is 1.84. The van der Waals surface area contributed by atoms with Gasteiger partial charge in [0.15, 0.2) is 0 Å². The molecule has 2 heterocycles. The van der Waals surface area contributed by atoms with Gasteiger partial charge in [0.2, 0.25) is 0 Å². The Morgan fingerprint density at radius 3 is 3.00 bits per heavy atom. The summed E-state index contributed by atoms with van der Waals surface area (Å²) in [6.07, 6.45) is 11.4. The molecule has 16 heavy (non-hydrogen) atoms. The van der Waals surface area contributed by atoms with Crippen molar-refractivity contribution < 1.29 is 24.1 Å². The fourth-order valence-corrected chi connectivity index (χ4v) is 5.91. The molecule has 2 heteroatoms. The average Bonchev–Trinajstić information content (AvgIpc) is 2.82. The van der Waals surface area contributed by atoms with Gasteiger partial charge in [0.1, 0.15) is 0 Å². The van der Waals surface area contributed by atoms with Crippen molar-refractivity contribution >= 4 is 3.90 Å². The molecule has 3 atom stereocenters. The zero-order chi connectivity index (χ0) is 10.8. The van der Waals surface area contributed by atoms with E-state index in [-0.39, 0.29) is 5.60 Å². The van der Waals surface area contributed by atoms with Gasteiger partial charge < -0.3 is 0 Å². The first-order chi connectivity index (χ1) is 7.81. The fraction of sp³-hybridized carbons (Fsp3) is 0.786. The molecule has 2 aliphatic heterocycles. The predicted molar refractivity (Wildman–Crippen MR) is 60.1 cm³/mol. The van der Waals surface area contributed by atoms with Crippen molar-refractivity contribution in [3.05, 3.63) is 11.1 Å². The second-order valence-electron chi connectivity index (χ2n) is 5.81. The van der Waals surface area contributed by atoms with Crippen LogP contribution in [0.5, 0.6) is 0 Å². The van der Waals surface area contributed by atoms with Gasteiger partial charge >= 0.3 is 108 Å². The predicted octanol–water partition coefficient (Wildman–Crippen LogP) is 2.92. The van der Waals surface area contributed by atoms with Gasteiger partial charge in [-0.3, -0.25) is 0 Å². The van der Waals surface area contributed by atoms with Crippen molar-refractivity contribution in [3.63, 3.8) is 0 Å². The van der Waals surface area contributed by atoms with Gasteiger partial charge in [-0.25, -0.2) is 0 Å². The van der Waals surface area contributed by atoms with Crippen LogP contribution in [0.4, 0.5) is 0 Å². The molecule has 2 aliphatic carbocycles. The molecule has 1 spiro atoms. The Morgan fingerprint density at radius 1 is 1.19 bits per heavy atom. The first kappa shape index (κ1) is 10.2. The van der Waals surface area contributed by atoms with E-state index in [1.54, 1.807) is 15.0 Å². The zero-order valence-corrected chi connectivity index (χ0v) is 11.8. The van der Waals surface area contributed by atoms with Crippen LogP contribution in [0.3, 0.4) is 0 Å². The summed E-state index contributed by atoms with van der Waals surface area (Å²) in [5.74, 6) is 0.843. The van der Waals surface area contributed by atoms with E-state index in [0.717, 1.165) is 5.92 Å². The summed E-state index contributed by atoms with van der Waals surface area (Å²) >= 11 is 2.60. The summed E-state index contributed by atoms with van der Waals surface area (Å²) < 4.78 is 8.10. The van der Waals surface area contributed by atoms with E-state index in [0.29, 0.717) is 6.10 Å². The molecule has 0 aromatic carbocycles. The Bertz CT molecular complexity index is 398.